The molecule has 0 radical (unpaired) electrons. The van der Waals surface area contributed by atoms with E-state index in [1.807, 2.05) is 5.06 Å². The van der Waals surface area contributed by atoms with Crippen LogP contribution in [-0.2, 0) is 14.3 Å². The van der Waals surface area contributed by atoms with Gasteiger partial charge in [-0.1, -0.05) is 104 Å². The molecule has 1 aliphatic heterocycles. The van der Waals surface area contributed by atoms with E-state index in [-0.39, 0.29) is 6.61 Å². The summed E-state index contributed by atoms with van der Waals surface area (Å²) in [7, 11) is 1.47. The van der Waals surface area contributed by atoms with Gasteiger partial charge in [0.1, 0.15) is 18.3 Å². The lowest BCUT2D eigenvalue weighted by atomic mass is 10.1. The van der Waals surface area contributed by atoms with E-state index in [0.717, 1.165) is 25.9 Å². The Hall–Kier alpha value is -1.52. The predicted octanol–water partition coefficient (Wildman–Crippen LogP) is 5.32. The average Bonchev–Trinajstić information content (AvgIpc) is 3.24. The zero-order valence-electron chi connectivity index (χ0n) is 24.8. The first-order valence-electron chi connectivity index (χ1n) is 15.6. The van der Waals surface area contributed by atoms with E-state index in [1.165, 1.54) is 114 Å². The number of aromatic amines is 1. The molecule has 2 N–H and O–H groups in total. The second kappa shape index (κ2) is 20.4. The van der Waals surface area contributed by atoms with Crippen molar-refractivity contribution >= 4 is 0 Å². The molecule has 4 atom stereocenters. The summed E-state index contributed by atoms with van der Waals surface area (Å²) in [6.45, 7) is 6.37. The highest BCUT2D eigenvalue weighted by molar-refractivity contribution is 4.94. The third-order valence-electron chi connectivity index (χ3n) is 7.65. The molecule has 226 valence electrons. The molecule has 0 bridgehead atoms. The minimum Gasteiger partial charge on any atom is -0.387 e. The van der Waals surface area contributed by atoms with E-state index in [1.54, 1.807) is 0 Å². The lowest BCUT2D eigenvalue weighted by Gasteiger charge is -2.24. The Morgan fingerprint density at radius 3 is 1.87 bits per heavy atom. The average molecular weight is 554 g/mol. The molecule has 0 aliphatic carbocycles. The number of nitrogens with one attached hydrogen (secondary N) is 1. The minimum atomic E-state index is -0.966. The van der Waals surface area contributed by atoms with Crippen LogP contribution in [0.5, 0.6) is 0 Å². The number of aromatic nitrogens is 2. The van der Waals surface area contributed by atoms with E-state index >= 15 is 0 Å². The number of hydrogen-bond acceptors (Lipinski definition) is 7. The minimum absolute atomic E-state index is 0.170. The largest absolute Gasteiger partial charge is 0.387 e. The van der Waals surface area contributed by atoms with Gasteiger partial charge in [0.05, 0.1) is 6.61 Å². The van der Waals surface area contributed by atoms with Gasteiger partial charge in [0.25, 0.3) is 5.56 Å². The third kappa shape index (κ3) is 12.7. The SMILES string of the molecule is CCCCCCCCCCN(CCCCCCCCCC)OC[C@H]1O[C@@H](n2ccc(=O)[nH]c2=O)C(OC)C1O. The van der Waals surface area contributed by atoms with Gasteiger partial charge in [0.2, 0.25) is 0 Å². The van der Waals surface area contributed by atoms with Gasteiger partial charge in [0.15, 0.2) is 6.23 Å². The predicted molar refractivity (Wildman–Crippen MR) is 155 cm³/mol. The topological polar surface area (TPSA) is 106 Å². The Morgan fingerprint density at radius 1 is 0.872 bits per heavy atom. The van der Waals surface area contributed by atoms with E-state index < -0.39 is 35.8 Å². The summed E-state index contributed by atoms with van der Waals surface area (Å²) in [5.74, 6) is 0. The van der Waals surface area contributed by atoms with Gasteiger partial charge in [0, 0.05) is 32.5 Å². The van der Waals surface area contributed by atoms with Gasteiger partial charge in [-0.2, -0.15) is 5.06 Å². The van der Waals surface area contributed by atoms with Crippen molar-refractivity contribution in [1.82, 2.24) is 14.6 Å². The summed E-state index contributed by atoms with van der Waals surface area (Å²) < 4.78 is 12.7. The van der Waals surface area contributed by atoms with Gasteiger partial charge >= 0.3 is 5.69 Å². The van der Waals surface area contributed by atoms with Crippen molar-refractivity contribution in [2.45, 2.75) is 141 Å². The molecule has 2 heterocycles. The summed E-state index contributed by atoms with van der Waals surface area (Å²) in [6.07, 6.45) is 18.3. The molecule has 0 amide bonds. The number of ether oxygens (including phenoxy) is 2. The maximum atomic E-state index is 12.3. The Balaban J connectivity index is 1.85. The van der Waals surface area contributed by atoms with Crippen LogP contribution in [0.15, 0.2) is 21.9 Å². The van der Waals surface area contributed by atoms with Gasteiger partial charge in [-0.3, -0.25) is 19.2 Å². The number of methoxy groups -OCH3 is 1. The van der Waals surface area contributed by atoms with Gasteiger partial charge in [-0.15, -0.1) is 0 Å². The second-order valence-electron chi connectivity index (χ2n) is 10.9. The number of hydrogen-bond donors (Lipinski definition) is 2. The lowest BCUT2D eigenvalue weighted by molar-refractivity contribution is -0.194. The maximum Gasteiger partial charge on any atom is 0.330 e. The molecule has 2 unspecified atom stereocenters. The number of rotatable bonds is 23. The molecule has 0 aromatic carbocycles. The van der Waals surface area contributed by atoms with Crippen LogP contribution in [0.2, 0.25) is 0 Å². The highest BCUT2D eigenvalue weighted by atomic mass is 16.7. The molecule has 9 nitrogen and oxygen atoms in total. The monoisotopic (exact) mass is 553 g/mol. The van der Waals surface area contributed by atoms with Crippen molar-refractivity contribution in [2.24, 2.45) is 0 Å². The number of nitrogens with zero attached hydrogens (tertiary/aromatic N) is 2. The van der Waals surface area contributed by atoms with Gasteiger partial charge < -0.3 is 14.6 Å². The number of hydroxylamine groups is 2. The zero-order valence-corrected chi connectivity index (χ0v) is 24.8. The van der Waals surface area contributed by atoms with Crippen molar-refractivity contribution in [3.8, 4) is 0 Å². The molecule has 1 aromatic heterocycles. The standard InChI is InChI=1S/C30H55N3O6/c1-4-6-8-10-12-14-16-18-21-32(22-19-17-15-13-11-9-7-5-2)38-24-25-27(35)28(37-3)29(39-25)33-23-20-26(34)31-30(33)36/h20,23,25,27-29,35H,4-19,21-22,24H2,1-3H3,(H,31,34,36)/t25-,27?,28?,29-/m1/s1. The van der Waals surface area contributed by atoms with E-state index in [2.05, 4.69) is 18.8 Å². The fraction of sp³-hybridized carbons (Fsp3) is 0.867. The first-order chi connectivity index (χ1) is 19.0. The van der Waals surface area contributed by atoms with Crippen molar-refractivity contribution in [3.63, 3.8) is 0 Å². The number of aliphatic hydroxyl groups excluding tert-OH is 1. The summed E-state index contributed by atoms with van der Waals surface area (Å²) in [6, 6.07) is 1.25. The molecule has 1 aromatic rings. The third-order valence-corrected chi connectivity index (χ3v) is 7.65. The van der Waals surface area contributed by atoms with Gasteiger partial charge in [-0.25, -0.2) is 4.79 Å². The Morgan fingerprint density at radius 2 is 1.38 bits per heavy atom. The van der Waals surface area contributed by atoms with Crippen LogP contribution >= 0.6 is 0 Å². The molecule has 39 heavy (non-hydrogen) atoms. The molecule has 2 rings (SSSR count). The molecule has 1 aliphatic rings. The van der Waals surface area contributed by atoms with Crippen LogP contribution in [0.4, 0.5) is 0 Å². The van der Waals surface area contributed by atoms with Crippen LogP contribution in [0.3, 0.4) is 0 Å². The quantitative estimate of drug-likeness (QED) is 0.139. The molecule has 0 spiro atoms. The van der Waals surface area contributed by atoms with Crippen molar-refractivity contribution in [3.05, 3.63) is 33.1 Å². The van der Waals surface area contributed by atoms with Crippen molar-refractivity contribution in [1.29, 1.82) is 0 Å². The highest BCUT2D eigenvalue weighted by Crippen LogP contribution is 2.30. The van der Waals surface area contributed by atoms with Crippen molar-refractivity contribution < 1.29 is 19.4 Å². The summed E-state index contributed by atoms with van der Waals surface area (Å²) in [5.41, 5.74) is -1.09. The Kier molecular flexibility index (Phi) is 17.6. The van der Waals surface area contributed by atoms with Crippen LogP contribution in [0.25, 0.3) is 0 Å². The van der Waals surface area contributed by atoms with Crippen LogP contribution < -0.4 is 11.2 Å². The Labute approximate surface area is 235 Å². The molecular formula is C30H55N3O6. The van der Waals surface area contributed by atoms with E-state index in [0.29, 0.717) is 0 Å². The first kappa shape index (κ1) is 33.7. The van der Waals surface area contributed by atoms with Crippen LogP contribution in [-0.4, -0.2) is 64.8 Å². The molecule has 9 heteroatoms. The van der Waals surface area contributed by atoms with Crippen LogP contribution in [0, 0.1) is 0 Å². The fourth-order valence-electron chi connectivity index (χ4n) is 5.23. The lowest BCUT2D eigenvalue weighted by Crippen LogP contribution is -2.39. The molecule has 1 saturated heterocycles. The summed E-state index contributed by atoms with van der Waals surface area (Å²) in [4.78, 5) is 32.2. The number of H-pyrrole nitrogens is 1. The smallest absolute Gasteiger partial charge is 0.330 e. The number of unbranched alkanes of at least 4 members (excludes halogenated alkanes) is 14. The zero-order chi connectivity index (χ0) is 28.3. The van der Waals surface area contributed by atoms with E-state index in [9.17, 15) is 14.7 Å². The van der Waals surface area contributed by atoms with E-state index in [4.69, 9.17) is 14.3 Å². The maximum absolute atomic E-state index is 12.3. The Bertz CT molecular complexity index is 840. The van der Waals surface area contributed by atoms with Gasteiger partial charge in [-0.05, 0) is 12.8 Å². The van der Waals surface area contributed by atoms with Crippen LogP contribution in [0.1, 0.15) is 123 Å². The summed E-state index contributed by atoms with van der Waals surface area (Å²) in [5, 5.41) is 12.9. The summed E-state index contributed by atoms with van der Waals surface area (Å²) >= 11 is 0. The first-order valence-corrected chi connectivity index (χ1v) is 15.6. The number of aliphatic hydroxyl groups is 1. The molecular weight excluding hydrogens is 498 g/mol. The second-order valence-corrected chi connectivity index (χ2v) is 10.9. The highest BCUT2D eigenvalue weighted by Gasteiger charge is 2.45. The van der Waals surface area contributed by atoms with Crippen molar-refractivity contribution in [2.75, 3.05) is 26.8 Å². The fourth-order valence-corrected chi connectivity index (χ4v) is 5.23. The normalized spacial score (nSPS) is 21.3. The molecule has 0 saturated carbocycles. The molecule has 1 fully saturated rings.